The molecule has 186 valence electrons. The first-order chi connectivity index (χ1) is 16.8. The van der Waals surface area contributed by atoms with Gasteiger partial charge < -0.3 is 19.9 Å². The number of anilines is 1. The van der Waals surface area contributed by atoms with Crippen LogP contribution in [0.3, 0.4) is 0 Å². The number of aryl methyl sites for hydroxylation is 1. The molecule has 0 radical (unpaired) electrons. The monoisotopic (exact) mass is 514 g/mol. The Kier molecular flexibility index (Phi) is 7.81. The second-order valence-corrected chi connectivity index (χ2v) is 11.2. The summed E-state index contributed by atoms with van der Waals surface area (Å²) in [5, 5.41) is 3.47. The van der Waals surface area contributed by atoms with E-state index in [9.17, 15) is 14.4 Å². The highest BCUT2D eigenvalue weighted by molar-refractivity contribution is 8.01. The highest BCUT2D eigenvalue weighted by Crippen LogP contribution is 2.39. The quantitative estimate of drug-likeness (QED) is 0.557. The fraction of sp³-hybridized carbons (Fsp3) is 0.440. The Morgan fingerprint density at radius 3 is 2.74 bits per heavy atom. The van der Waals surface area contributed by atoms with E-state index >= 15 is 0 Å². The van der Waals surface area contributed by atoms with Crippen LogP contribution in [0, 0.1) is 12.8 Å². The SMILES string of the molecule is C=CC(=O)N1CCCN(C(=O)c2cc(Sc3cnc(NC(=O)C4CC4)s3)c(C)cc2OC)CC1C. The van der Waals surface area contributed by atoms with Crippen LogP contribution in [0.5, 0.6) is 5.75 Å². The van der Waals surface area contributed by atoms with E-state index in [1.807, 2.05) is 26.0 Å². The molecule has 1 N–H and O–H groups in total. The molecule has 2 aliphatic rings. The number of methoxy groups -OCH3 is 1. The standard InChI is InChI=1S/C25H30N4O4S2/c1-5-21(30)29-10-6-9-28(14-16(29)3)24(32)18-12-20(15(2)11-19(18)33-4)34-22-13-26-25(35-22)27-23(31)17-7-8-17/h5,11-13,16-17H,1,6-10,14H2,2-4H3,(H,26,27,31). The summed E-state index contributed by atoms with van der Waals surface area (Å²) in [4.78, 5) is 46.6. The highest BCUT2D eigenvalue weighted by Gasteiger charge is 2.31. The summed E-state index contributed by atoms with van der Waals surface area (Å²) in [6.07, 6.45) is 5.65. The van der Waals surface area contributed by atoms with E-state index in [0.29, 0.717) is 42.5 Å². The van der Waals surface area contributed by atoms with E-state index in [2.05, 4.69) is 16.9 Å². The number of amides is 3. The highest BCUT2D eigenvalue weighted by atomic mass is 32.2. The molecule has 1 aromatic heterocycles. The van der Waals surface area contributed by atoms with E-state index in [-0.39, 0.29) is 29.7 Å². The van der Waals surface area contributed by atoms with Gasteiger partial charge in [-0.2, -0.15) is 0 Å². The fourth-order valence-corrected chi connectivity index (χ4v) is 6.04. The van der Waals surface area contributed by atoms with Crippen molar-refractivity contribution in [1.29, 1.82) is 0 Å². The van der Waals surface area contributed by atoms with Crippen molar-refractivity contribution in [2.45, 2.75) is 48.3 Å². The molecule has 3 amide bonds. The number of carbonyl (C=O) groups is 3. The average Bonchev–Trinajstić information content (AvgIpc) is 3.64. The summed E-state index contributed by atoms with van der Waals surface area (Å²) < 4.78 is 6.48. The molecule has 1 aliphatic heterocycles. The van der Waals surface area contributed by atoms with Gasteiger partial charge in [0, 0.05) is 36.5 Å². The van der Waals surface area contributed by atoms with Crippen molar-refractivity contribution < 1.29 is 19.1 Å². The van der Waals surface area contributed by atoms with Crippen molar-refractivity contribution in [2.75, 3.05) is 32.1 Å². The molecule has 1 unspecified atom stereocenters. The number of aromatic nitrogens is 1. The Labute approximate surface area is 213 Å². The predicted octanol–water partition coefficient (Wildman–Crippen LogP) is 4.21. The van der Waals surface area contributed by atoms with Crippen LogP contribution in [0.4, 0.5) is 5.13 Å². The van der Waals surface area contributed by atoms with Crippen molar-refractivity contribution in [3.8, 4) is 5.75 Å². The van der Waals surface area contributed by atoms with Gasteiger partial charge in [0.2, 0.25) is 11.8 Å². The van der Waals surface area contributed by atoms with Gasteiger partial charge in [0.25, 0.3) is 5.91 Å². The van der Waals surface area contributed by atoms with Crippen LogP contribution in [0.25, 0.3) is 0 Å². The lowest BCUT2D eigenvalue weighted by atomic mass is 10.1. The van der Waals surface area contributed by atoms with Gasteiger partial charge in [-0.05, 0) is 56.9 Å². The zero-order chi connectivity index (χ0) is 25.1. The third kappa shape index (κ3) is 5.87. The number of carbonyl (C=O) groups excluding carboxylic acids is 3. The Hall–Kier alpha value is -2.85. The third-order valence-electron chi connectivity index (χ3n) is 6.19. The number of hydrogen-bond donors (Lipinski definition) is 1. The zero-order valence-corrected chi connectivity index (χ0v) is 21.8. The minimum atomic E-state index is -0.120. The van der Waals surface area contributed by atoms with Crippen LogP contribution in [-0.4, -0.2) is 65.3 Å². The number of hydrogen-bond acceptors (Lipinski definition) is 7. The summed E-state index contributed by atoms with van der Waals surface area (Å²) in [7, 11) is 1.56. The van der Waals surface area contributed by atoms with E-state index < -0.39 is 0 Å². The van der Waals surface area contributed by atoms with Crippen molar-refractivity contribution in [1.82, 2.24) is 14.8 Å². The number of rotatable bonds is 7. The van der Waals surface area contributed by atoms with Gasteiger partial charge in [-0.1, -0.05) is 29.7 Å². The molecule has 2 heterocycles. The summed E-state index contributed by atoms with van der Waals surface area (Å²) in [6, 6.07) is 3.63. The molecule has 1 saturated carbocycles. The Morgan fingerprint density at radius 1 is 1.29 bits per heavy atom. The third-order valence-corrected chi connectivity index (χ3v) is 8.36. The second-order valence-electron chi connectivity index (χ2n) is 8.86. The molecule has 2 aromatic rings. The van der Waals surface area contributed by atoms with Gasteiger partial charge in [-0.15, -0.1) is 0 Å². The second kappa shape index (κ2) is 10.8. The lowest BCUT2D eigenvalue weighted by Crippen LogP contribution is -2.43. The fourth-order valence-electron chi connectivity index (χ4n) is 4.09. The molecule has 0 bridgehead atoms. The van der Waals surface area contributed by atoms with E-state index in [4.69, 9.17) is 4.74 Å². The molecule has 4 rings (SSSR count). The maximum atomic E-state index is 13.6. The molecule has 10 heteroatoms. The van der Waals surface area contributed by atoms with E-state index in [0.717, 1.165) is 27.5 Å². The summed E-state index contributed by atoms with van der Waals surface area (Å²) in [5.41, 5.74) is 1.47. The molecular formula is C25H30N4O4S2. The van der Waals surface area contributed by atoms with E-state index in [1.54, 1.807) is 23.1 Å². The van der Waals surface area contributed by atoms with Gasteiger partial charge >= 0.3 is 0 Å². The minimum Gasteiger partial charge on any atom is -0.496 e. The minimum absolute atomic E-state index is 0.0319. The Morgan fingerprint density at radius 2 is 2.06 bits per heavy atom. The van der Waals surface area contributed by atoms with Gasteiger partial charge in [-0.3, -0.25) is 14.4 Å². The van der Waals surface area contributed by atoms with E-state index in [1.165, 1.54) is 29.2 Å². The number of nitrogens with one attached hydrogen (secondary N) is 1. The van der Waals surface area contributed by atoms with Gasteiger partial charge in [0.15, 0.2) is 5.13 Å². The Bertz CT molecular complexity index is 1140. The Balaban J connectivity index is 1.52. The molecule has 35 heavy (non-hydrogen) atoms. The van der Waals surface area contributed by atoms with Crippen LogP contribution in [-0.2, 0) is 9.59 Å². The lowest BCUT2D eigenvalue weighted by molar-refractivity contribution is -0.127. The molecule has 0 spiro atoms. The number of thiazole rings is 1. The molecule has 1 saturated heterocycles. The number of nitrogens with zero attached hydrogens (tertiary/aromatic N) is 3. The van der Waals surface area contributed by atoms with Gasteiger partial charge in [-0.25, -0.2) is 4.98 Å². The number of benzene rings is 1. The van der Waals surface area contributed by atoms with Gasteiger partial charge in [0.05, 0.1) is 23.1 Å². The first-order valence-electron chi connectivity index (χ1n) is 11.7. The van der Waals surface area contributed by atoms with Gasteiger partial charge in [0.1, 0.15) is 5.75 Å². The largest absolute Gasteiger partial charge is 0.496 e. The average molecular weight is 515 g/mol. The normalized spacial score (nSPS) is 18.1. The maximum Gasteiger partial charge on any atom is 0.257 e. The maximum absolute atomic E-state index is 13.6. The predicted molar refractivity (Wildman–Crippen MR) is 137 cm³/mol. The molecular weight excluding hydrogens is 484 g/mol. The summed E-state index contributed by atoms with van der Waals surface area (Å²) in [5.74, 6) is 0.441. The van der Waals surface area contributed by atoms with Crippen LogP contribution in [0.15, 0.2) is 40.1 Å². The van der Waals surface area contributed by atoms with Crippen LogP contribution in [0.1, 0.15) is 42.1 Å². The van der Waals surface area contributed by atoms with Crippen molar-refractivity contribution in [3.05, 3.63) is 42.1 Å². The molecule has 1 aliphatic carbocycles. The van der Waals surface area contributed by atoms with Crippen LogP contribution < -0.4 is 10.1 Å². The first-order valence-corrected chi connectivity index (χ1v) is 13.3. The van der Waals surface area contributed by atoms with Crippen LogP contribution >= 0.6 is 23.1 Å². The molecule has 1 atom stereocenters. The topological polar surface area (TPSA) is 91.8 Å². The lowest BCUT2D eigenvalue weighted by Gasteiger charge is -2.28. The smallest absolute Gasteiger partial charge is 0.257 e. The number of ether oxygens (including phenoxy) is 1. The molecule has 2 fully saturated rings. The van der Waals surface area contributed by atoms with Crippen molar-refractivity contribution in [2.24, 2.45) is 5.92 Å². The summed E-state index contributed by atoms with van der Waals surface area (Å²) in [6.45, 7) is 9.10. The van der Waals surface area contributed by atoms with Crippen molar-refractivity contribution >= 4 is 46.0 Å². The molecule has 1 aromatic carbocycles. The first kappa shape index (κ1) is 25.2. The van der Waals surface area contributed by atoms with Crippen LogP contribution in [0.2, 0.25) is 0 Å². The van der Waals surface area contributed by atoms with Crippen molar-refractivity contribution in [3.63, 3.8) is 0 Å². The summed E-state index contributed by atoms with van der Waals surface area (Å²) >= 11 is 2.93. The zero-order valence-electron chi connectivity index (χ0n) is 20.2. The molecule has 8 nitrogen and oxygen atoms in total.